The number of benzene rings is 2. The number of fused-ring (bicyclic) bond motifs is 2. The van der Waals surface area contributed by atoms with Crippen molar-refractivity contribution in [3.63, 3.8) is 0 Å². The smallest absolute Gasteiger partial charge is 0.0410 e. The average Bonchev–Trinajstić information content (AvgIpc) is 2.71. The normalized spacial score (nSPS) is 16.8. The Kier molecular flexibility index (Phi) is 6.17. The van der Waals surface area contributed by atoms with Gasteiger partial charge in [-0.3, -0.25) is 4.90 Å². The molecular formula is C18H18Cl3NS. The van der Waals surface area contributed by atoms with Crippen molar-refractivity contribution in [2.45, 2.75) is 22.3 Å². The summed E-state index contributed by atoms with van der Waals surface area (Å²) in [4.78, 5) is 4.95. The van der Waals surface area contributed by atoms with Gasteiger partial charge in [-0.15, -0.1) is 23.2 Å². The summed E-state index contributed by atoms with van der Waals surface area (Å²) in [6, 6.07) is 15.0. The van der Waals surface area contributed by atoms with Crippen molar-refractivity contribution in [3.05, 3.63) is 58.6 Å². The van der Waals surface area contributed by atoms with E-state index in [0.717, 1.165) is 24.5 Å². The van der Waals surface area contributed by atoms with Gasteiger partial charge in [0.2, 0.25) is 0 Å². The molecule has 23 heavy (non-hydrogen) atoms. The summed E-state index contributed by atoms with van der Waals surface area (Å²) in [6.45, 7) is 1.63. The third-order valence-electron chi connectivity index (χ3n) is 4.12. The minimum absolute atomic E-state index is 0.248. The fourth-order valence-corrected chi connectivity index (χ4v) is 4.78. The third kappa shape index (κ3) is 4.00. The van der Waals surface area contributed by atoms with Gasteiger partial charge < -0.3 is 0 Å². The first-order valence-electron chi connectivity index (χ1n) is 7.64. The zero-order valence-electron chi connectivity index (χ0n) is 12.6. The number of rotatable bonds is 5. The van der Waals surface area contributed by atoms with E-state index in [2.05, 4.69) is 41.3 Å². The van der Waals surface area contributed by atoms with Crippen molar-refractivity contribution in [2.24, 2.45) is 0 Å². The van der Waals surface area contributed by atoms with Crippen LogP contribution in [0.3, 0.4) is 0 Å². The highest BCUT2D eigenvalue weighted by Gasteiger charge is 2.27. The molecule has 0 saturated heterocycles. The van der Waals surface area contributed by atoms with Crippen LogP contribution in [0.2, 0.25) is 5.02 Å². The second-order valence-electron chi connectivity index (χ2n) is 5.53. The Morgan fingerprint density at radius 1 is 1.00 bits per heavy atom. The Labute approximate surface area is 156 Å². The minimum atomic E-state index is 0.248. The lowest BCUT2D eigenvalue weighted by Crippen LogP contribution is -2.33. The van der Waals surface area contributed by atoms with Crippen LogP contribution in [0, 0.1) is 0 Å². The summed E-state index contributed by atoms with van der Waals surface area (Å²) in [6.07, 6.45) is 0.949. The second kappa shape index (κ2) is 8.13. The van der Waals surface area contributed by atoms with E-state index in [4.69, 9.17) is 34.8 Å². The van der Waals surface area contributed by atoms with E-state index in [9.17, 15) is 0 Å². The lowest BCUT2D eigenvalue weighted by molar-refractivity contribution is 0.217. The Balaban J connectivity index is 2.07. The highest BCUT2D eigenvalue weighted by molar-refractivity contribution is 7.99. The molecule has 1 atom stereocenters. The molecule has 0 fully saturated rings. The predicted octanol–water partition coefficient (Wildman–Crippen LogP) is 5.87. The van der Waals surface area contributed by atoms with Gasteiger partial charge in [0, 0.05) is 45.7 Å². The van der Waals surface area contributed by atoms with Gasteiger partial charge in [-0.25, -0.2) is 0 Å². The van der Waals surface area contributed by atoms with Crippen LogP contribution in [0.4, 0.5) is 0 Å². The van der Waals surface area contributed by atoms with Crippen LogP contribution < -0.4 is 0 Å². The molecule has 0 amide bonds. The molecule has 1 aliphatic rings. The number of nitrogens with zero attached hydrogens (tertiary/aromatic N) is 1. The van der Waals surface area contributed by atoms with E-state index < -0.39 is 0 Å². The summed E-state index contributed by atoms with van der Waals surface area (Å²) < 4.78 is 0. The number of hydrogen-bond donors (Lipinski definition) is 0. The molecule has 0 N–H and O–H groups in total. The maximum atomic E-state index is 6.29. The minimum Gasteiger partial charge on any atom is -0.294 e. The van der Waals surface area contributed by atoms with Gasteiger partial charge in [0.25, 0.3) is 0 Å². The molecule has 0 bridgehead atoms. The van der Waals surface area contributed by atoms with Crippen molar-refractivity contribution < 1.29 is 0 Å². The Morgan fingerprint density at radius 2 is 1.74 bits per heavy atom. The Bertz CT molecular complexity index is 671. The van der Waals surface area contributed by atoms with Gasteiger partial charge in [0.1, 0.15) is 0 Å². The van der Waals surface area contributed by atoms with Gasteiger partial charge in [-0.05, 0) is 41.8 Å². The third-order valence-corrected chi connectivity index (χ3v) is 5.90. The predicted molar refractivity (Wildman–Crippen MR) is 101 cm³/mol. The number of halogens is 3. The Hall–Kier alpha value is -0.380. The molecule has 0 spiro atoms. The molecule has 1 nitrogen and oxygen atoms in total. The van der Waals surface area contributed by atoms with Crippen molar-refractivity contribution in [2.75, 3.05) is 24.8 Å². The van der Waals surface area contributed by atoms with E-state index in [1.165, 1.54) is 20.9 Å². The van der Waals surface area contributed by atoms with Crippen LogP contribution in [-0.4, -0.2) is 29.7 Å². The largest absolute Gasteiger partial charge is 0.294 e. The zero-order chi connectivity index (χ0) is 16.2. The van der Waals surface area contributed by atoms with Gasteiger partial charge in [-0.1, -0.05) is 41.6 Å². The monoisotopic (exact) mass is 385 g/mol. The standard InChI is InChI=1S/C18H18Cl3NS/c19-7-9-22(10-8-20)16-11-13-3-1-2-4-17(13)23-18-6-5-14(21)12-15(16)18/h1-6,12,16H,7-11H2/t16-/m0/s1. The quantitative estimate of drug-likeness (QED) is 0.591. The molecule has 1 aliphatic heterocycles. The zero-order valence-corrected chi connectivity index (χ0v) is 15.7. The van der Waals surface area contributed by atoms with Crippen LogP contribution in [0.25, 0.3) is 0 Å². The van der Waals surface area contributed by atoms with Crippen molar-refractivity contribution >= 4 is 46.6 Å². The van der Waals surface area contributed by atoms with Gasteiger partial charge in [0.05, 0.1) is 0 Å². The molecule has 2 aromatic rings. The molecule has 5 heteroatoms. The van der Waals surface area contributed by atoms with E-state index in [1.807, 2.05) is 17.8 Å². The van der Waals surface area contributed by atoms with E-state index in [1.54, 1.807) is 0 Å². The van der Waals surface area contributed by atoms with Crippen LogP contribution in [0.1, 0.15) is 17.2 Å². The topological polar surface area (TPSA) is 3.24 Å². The van der Waals surface area contributed by atoms with Crippen molar-refractivity contribution in [1.29, 1.82) is 0 Å². The summed E-state index contributed by atoms with van der Waals surface area (Å²) >= 11 is 20.2. The van der Waals surface area contributed by atoms with Crippen LogP contribution in [0.5, 0.6) is 0 Å². The first-order valence-corrected chi connectivity index (χ1v) is 9.90. The van der Waals surface area contributed by atoms with Gasteiger partial charge in [0.15, 0.2) is 0 Å². The van der Waals surface area contributed by atoms with E-state index in [-0.39, 0.29) is 6.04 Å². The molecule has 122 valence electrons. The molecular weight excluding hydrogens is 369 g/mol. The summed E-state index contributed by atoms with van der Waals surface area (Å²) in [5.41, 5.74) is 2.64. The fraction of sp³-hybridized carbons (Fsp3) is 0.333. The van der Waals surface area contributed by atoms with E-state index in [0.29, 0.717) is 11.8 Å². The highest BCUT2D eigenvalue weighted by atomic mass is 35.5. The molecule has 0 aliphatic carbocycles. The summed E-state index contributed by atoms with van der Waals surface area (Å²) in [5.74, 6) is 1.19. The first kappa shape index (κ1) is 17.4. The SMILES string of the molecule is ClCCN(CCCl)[C@H]1Cc2ccccc2Sc2ccc(Cl)cc21. The van der Waals surface area contributed by atoms with E-state index >= 15 is 0 Å². The molecule has 0 saturated carbocycles. The maximum Gasteiger partial charge on any atom is 0.0410 e. The van der Waals surface area contributed by atoms with Crippen LogP contribution in [0.15, 0.2) is 52.3 Å². The summed E-state index contributed by atoms with van der Waals surface area (Å²) in [5, 5.41) is 0.775. The lowest BCUT2D eigenvalue weighted by atomic mass is 9.97. The average molecular weight is 387 g/mol. The first-order chi connectivity index (χ1) is 11.2. The molecule has 0 unspecified atom stereocenters. The highest BCUT2D eigenvalue weighted by Crippen LogP contribution is 2.43. The van der Waals surface area contributed by atoms with Crippen LogP contribution in [-0.2, 0) is 6.42 Å². The molecule has 0 aromatic heterocycles. The fourth-order valence-electron chi connectivity index (χ4n) is 3.05. The molecule has 3 rings (SSSR count). The number of hydrogen-bond acceptors (Lipinski definition) is 2. The molecule has 0 radical (unpaired) electrons. The second-order valence-corrected chi connectivity index (χ2v) is 7.80. The van der Waals surface area contributed by atoms with Crippen molar-refractivity contribution in [1.82, 2.24) is 4.90 Å². The van der Waals surface area contributed by atoms with Gasteiger partial charge >= 0.3 is 0 Å². The Morgan fingerprint density at radius 3 is 2.48 bits per heavy atom. The molecule has 2 aromatic carbocycles. The van der Waals surface area contributed by atoms with Crippen molar-refractivity contribution in [3.8, 4) is 0 Å². The lowest BCUT2D eigenvalue weighted by Gasteiger charge is -2.31. The number of alkyl halides is 2. The van der Waals surface area contributed by atoms with Crippen LogP contribution >= 0.6 is 46.6 Å². The maximum absolute atomic E-state index is 6.29. The summed E-state index contributed by atoms with van der Waals surface area (Å²) in [7, 11) is 0. The molecule has 1 heterocycles. The van der Waals surface area contributed by atoms with Gasteiger partial charge in [-0.2, -0.15) is 0 Å².